The minimum atomic E-state index is -0.115. The highest BCUT2D eigenvalue weighted by atomic mass is 32.2. The van der Waals surface area contributed by atoms with Gasteiger partial charge in [0, 0.05) is 12.7 Å². The SMILES string of the molecule is CCn1c(COc2ccccc2)nnc1SCC(=O)Nc1cccnc1. The molecule has 0 saturated carbocycles. The van der Waals surface area contributed by atoms with Gasteiger partial charge >= 0.3 is 0 Å². The molecule has 26 heavy (non-hydrogen) atoms. The molecule has 0 bridgehead atoms. The molecule has 2 heterocycles. The number of nitrogens with one attached hydrogen (secondary N) is 1. The molecule has 0 aliphatic carbocycles. The maximum atomic E-state index is 12.1. The quantitative estimate of drug-likeness (QED) is 0.615. The van der Waals surface area contributed by atoms with Crippen LogP contribution in [-0.2, 0) is 17.9 Å². The third-order valence-corrected chi connectivity index (χ3v) is 4.47. The van der Waals surface area contributed by atoms with Gasteiger partial charge < -0.3 is 14.6 Å². The summed E-state index contributed by atoms with van der Waals surface area (Å²) in [6.45, 7) is 3.04. The van der Waals surface area contributed by atoms with Crippen molar-refractivity contribution in [1.29, 1.82) is 0 Å². The highest BCUT2D eigenvalue weighted by Crippen LogP contribution is 2.19. The molecule has 1 amide bonds. The van der Waals surface area contributed by atoms with Gasteiger partial charge in [0.1, 0.15) is 12.4 Å². The van der Waals surface area contributed by atoms with Crippen LogP contribution >= 0.6 is 11.8 Å². The van der Waals surface area contributed by atoms with E-state index in [1.54, 1.807) is 24.5 Å². The Morgan fingerprint density at radius 3 is 2.77 bits per heavy atom. The zero-order valence-corrected chi connectivity index (χ0v) is 15.1. The van der Waals surface area contributed by atoms with E-state index >= 15 is 0 Å². The molecular formula is C18H19N5O2S. The van der Waals surface area contributed by atoms with Gasteiger partial charge in [-0.15, -0.1) is 10.2 Å². The van der Waals surface area contributed by atoms with Gasteiger partial charge in [-0.3, -0.25) is 9.78 Å². The van der Waals surface area contributed by atoms with Crippen LogP contribution in [0.2, 0.25) is 0 Å². The van der Waals surface area contributed by atoms with Crippen molar-refractivity contribution in [3.8, 4) is 5.75 Å². The lowest BCUT2D eigenvalue weighted by Gasteiger charge is -2.09. The van der Waals surface area contributed by atoms with Crippen molar-refractivity contribution in [2.45, 2.75) is 25.2 Å². The van der Waals surface area contributed by atoms with E-state index in [9.17, 15) is 4.79 Å². The summed E-state index contributed by atoms with van der Waals surface area (Å²) in [5.74, 6) is 1.64. The maximum absolute atomic E-state index is 12.1. The molecule has 0 saturated heterocycles. The van der Waals surface area contributed by atoms with Crippen LogP contribution in [0.5, 0.6) is 5.75 Å². The van der Waals surface area contributed by atoms with Crippen molar-refractivity contribution in [2.24, 2.45) is 0 Å². The Morgan fingerprint density at radius 2 is 2.04 bits per heavy atom. The van der Waals surface area contributed by atoms with E-state index in [4.69, 9.17) is 4.74 Å². The molecule has 2 aromatic heterocycles. The van der Waals surface area contributed by atoms with Gasteiger partial charge in [-0.05, 0) is 31.2 Å². The Hall–Kier alpha value is -2.87. The van der Waals surface area contributed by atoms with E-state index in [1.807, 2.05) is 41.8 Å². The lowest BCUT2D eigenvalue weighted by molar-refractivity contribution is -0.113. The number of benzene rings is 1. The molecule has 0 spiro atoms. The molecule has 7 nitrogen and oxygen atoms in total. The average Bonchev–Trinajstić information content (AvgIpc) is 3.08. The number of anilines is 1. The summed E-state index contributed by atoms with van der Waals surface area (Å²) in [6, 6.07) is 13.1. The van der Waals surface area contributed by atoms with Crippen molar-refractivity contribution in [3.05, 3.63) is 60.7 Å². The average molecular weight is 369 g/mol. The topological polar surface area (TPSA) is 81.9 Å². The largest absolute Gasteiger partial charge is 0.486 e. The van der Waals surface area contributed by atoms with Gasteiger partial charge in [-0.2, -0.15) is 0 Å². The summed E-state index contributed by atoms with van der Waals surface area (Å²) in [5.41, 5.74) is 0.673. The van der Waals surface area contributed by atoms with Crippen molar-refractivity contribution in [2.75, 3.05) is 11.1 Å². The fourth-order valence-corrected chi connectivity index (χ4v) is 3.10. The summed E-state index contributed by atoms with van der Waals surface area (Å²) in [6.07, 6.45) is 3.27. The number of pyridine rings is 1. The minimum Gasteiger partial charge on any atom is -0.486 e. The van der Waals surface area contributed by atoms with Crippen molar-refractivity contribution < 1.29 is 9.53 Å². The first kappa shape index (κ1) is 17.9. The van der Waals surface area contributed by atoms with Crippen LogP contribution in [0.1, 0.15) is 12.7 Å². The number of hydrogen-bond donors (Lipinski definition) is 1. The highest BCUT2D eigenvalue weighted by molar-refractivity contribution is 7.99. The summed E-state index contributed by atoms with van der Waals surface area (Å²) in [4.78, 5) is 16.0. The monoisotopic (exact) mass is 369 g/mol. The summed E-state index contributed by atoms with van der Waals surface area (Å²) in [7, 11) is 0. The van der Waals surface area contributed by atoms with Gasteiger partial charge in [0.05, 0.1) is 17.6 Å². The van der Waals surface area contributed by atoms with Crippen molar-refractivity contribution in [1.82, 2.24) is 19.7 Å². The molecular weight excluding hydrogens is 350 g/mol. The van der Waals surface area contributed by atoms with E-state index in [0.717, 1.165) is 11.6 Å². The molecule has 3 aromatic rings. The molecule has 0 aliphatic heterocycles. The second-order valence-corrected chi connectivity index (χ2v) is 6.27. The van der Waals surface area contributed by atoms with Crippen LogP contribution in [0.25, 0.3) is 0 Å². The van der Waals surface area contributed by atoms with Gasteiger partial charge in [-0.25, -0.2) is 0 Å². The number of ether oxygens (including phenoxy) is 1. The van der Waals surface area contributed by atoms with Crippen LogP contribution in [0.15, 0.2) is 60.0 Å². The Balaban J connectivity index is 1.56. The number of para-hydroxylation sites is 1. The molecule has 8 heteroatoms. The Labute approximate surface area is 155 Å². The van der Waals surface area contributed by atoms with Crippen molar-refractivity contribution >= 4 is 23.4 Å². The fourth-order valence-electron chi connectivity index (χ4n) is 2.28. The van der Waals surface area contributed by atoms with Gasteiger partial charge in [0.15, 0.2) is 11.0 Å². The summed E-state index contributed by atoms with van der Waals surface area (Å²) in [5, 5.41) is 11.9. The van der Waals surface area contributed by atoms with E-state index < -0.39 is 0 Å². The number of carbonyl (C=O) groups is 1. The standard InChI is InChI=1S/C18H19N5O2S/c1-2-23-16(12-25-15-8-4-3-5-9-15)21-22-18(23)26-13-17(24)20-14-7-6-10-19-11-14/h3-11H,2,12-13H2,1H3,(H,20,24). The maximum Gasteiger partial charge on any atom is 0.234 e. The van der Waals surface area contributed by atoms with Crippen LogP contribution in [0.3, 0.4) is 0 Å². The lowest BCUT2D eigenvalue weighted by Crippen LogP contribution is -2.15. The van der Waals surface area contributed by atoms with E-state index in [0.29, 0.717) is 24.0 Å². The van der Waals surface area contributed by atoms with Crippen LogP contribution < -0.4 is 10.1 Å². The van der Waals surface area contributed by atoms with E-state index in [-0.39, 0.29) is 11.7 Å². The Bertz CT molecular complexity index is 839. The summed E-state index contributed by atoms with van der Waals surface area (Å²) >= 11 is 1.34. The smallest absolute Gasteiger partial charge is 0.234 e. The fraction of sp³-hybridized carbons (Fsp3) is 0.222. The van der Waals surface area contributed by atoms with Crippen LogP contribution in [-0.4, -0.2) is 31.4 Å². The molecule has 134 valence electrons. The molecule has 1 aromatic carbocycles. The van der Waals surface area contributed by atoms with Crippen LogP contribution in [0, 0.1) is 0 Å². The first-order valence-corrected chi connectivity index (χ1v) is 9.17. The summed E-state index contributed by atoms with van der Waals surface area (Å²) < 4.78 is 7.68. The molecule has 3 rings (SSSR count). The zero-order chi connectivity index (χ0) is 18.2. The lowest BCUT2D eigenvalue weighted by atomic mass is 10.3. The zero-order valence-electron chi connectivity index (χ0n) is 14.3. The van der Waals surface area contributed by atoms with Crippen molar-refractivity contribution in [3.63, 3.8) is 0 Å². The Kier molecular flexibility index (Phi) is 6.21. The number of amides is 1. The molecule has 0 radical (unpaired) electrons. The number of rotatable bonds is 8. The number of carbonyl (C=O) groups excluding carboxylic acids is 1. The number of thioether (sulfide) groups is 1. The second-order valence-electron chi connectivity index (χ2n) is 5.32. The van der Waals surface area contributed by atoms with Gasteiger partial charge in [0.2, 0.25) is 5.91 Å². The van der Waals surface area contributed by atoms with Crippen LogP contribution in [0.4, 0.5) is 5.69 Å². The number of nitrogens with zero attached hydrogens (tertiary/aromatic N) is 4. The van der Waals surface area contributed by atoms with E-state index in [1.165, 1.54) is 11.8 Å². The number of aromatic nitrogens is 4. The molecule has 0 atom stereocenters. The first-order chi connectivity index (χ1) is 12.8. The van der Waals surface area contributed by atoms with Gasteiger partial charge in [-0.1, -0.05) is 30.0 Å². The molecule has 0 fully saturated rings. The predicted molar refractivity (Wildman–Crippen MR) is 100 cm³/mol. The minimum absolute atomic E-state index is 0.115. The van der Waals surface area contributed by atoms with Gasteiger partial charge in [0.25, 0.3) is 0 Å². The number of hydrogen-bond acceptors (Lipinski definition) is 6. The Morgan fingerprint density at radius 1 is 1.19 bits per heavy atom. The third kappa shape index (κ3) is 4.82. The predicted octanol–water partition coefficient (Wildman–Crippen LogP) is 3.00. The normalized spacial score (nSPS) is 10.5. The molecule has 1 N–H and O–H groups in total. The molecule has 0 aliphatic rings. The third-order valence-electron chi connectivity index (χ3n) is 3.50. The van der Waals surface area contributed by atoms with E-state index in [2.05, 4.69) is 20.5 Å². The highest BCUT2D eigenvalue weighted by Gasteiger charge is 2.13. The second kappa shape index (κ2) is 9.00. The first-order valence-electron chi connectivity index (χ1n) is 8.19. The molecule has 0 unspecified atom stereocenters.